The van der Waals surface area contributed by atoms with Crippen molar-refractivity contribution in [1.82, 2.24) is 0 Å². The third-order valence-electron chi connectivity index (χ3n) is 4.69. The van der Waals surface area contributed by atoms with E-state index in [-0.39, 0.29) is 0 Å². The molecule has 0 heterocycles. The number of nitrogens with two attached hydrogens (primary N) is 1. The lowest BCUT2D eigenvalue weighted by Gasteiger charge is -2.17. The number of hydrogen-bond donors (Lipinski definition) is 1. The smallest absolute Gasteiger partial charge is 0.0869 e. The van der Waals surface area contributed by atoms with Gasteiger partial charge in [-0.25, -0.2) is 0 Å². The Morgan fingerprint density at radius 1 is 1.06 bits per heavy atom. The summed E-state index contributed by atoms with van der Waals surface area (Å²) in [7, 11) is 2.20. The number of benzene rings is 1. The maximum atomic E-state index is 2.54. The fourth-order valence-corrected chi connectivity index (χ4v) is 3.62. The van der Waals surface area contributed by atoms with Crippen LogP contribution in [0.15, 0.2) is 6.07 Å². The van der Waals surface area contributed by atoms with Crippen molar-refractivity contribution in [3.8, 4) is 0 Å². The molecule has 0 aromatic heterocycles. The highest BCUT2D eigenvalue weighted by molar-refractivity contribution is 5.50. The third-order valence-corrected chi connectivity index (χ3v) is 4.69. The normalized spacial score (nSPS) is 19.2. The molecule has 17 heavy (non-hydrogen) atoms. The molecule has 0 bridgehead atoms. The number of fused-ring (bicyclic) bond motifs is 2. The van der Waals surface area contributed by atoms with E-state index in [1.165, 1.54) is 44.9 Å². The summed E-state index contributed by atoms with van der Waals surface area (Å²) in [6.45, 7) is 2.36. The van der Waals surface area contributed by atoms with E-state index in [9.17, 15) is 0 Å². The highest BCUT2D eigenvalue weighted by atomic mass is 14.8. The van der Waals surface area contributed by atoms with Crippen LogP contribution in [0.4, 0.5) is 0 Å². The summed E-state index contributed by atoms with van der Waals surface area (Å²) in [4.78, 5) is 0. The maximum absolute atomic E-state index is 2.54. The van der Waals surface area contributed by atoms with Crippen LogP contribution < -0.4 is 5.32 Å². The highest BCUT2D eigenvalue weighted by Gasteiger charge is 2.24. The van der Waals surface area contributed by atoms with Crippen LogP contribution in [0.1, 0.15) is 47.6 Å². The van der Waals surface area contributed by atoms with E-state index in [1.54, 1.807) is 27.8 Å². The summed E-state index contributed by atoms with van der Waals surface area (Å²) in [5, 5.41) is 2.36. The van der Waals surface area contributed by atoms with Gasteiger partial charge in [0.1, 0.15) is 0 Å². The monoisotopic (exact) mass is 230 g/mol. The second kappa shape index (κ2) is 4.45. The first-order chi connectivity index (χ1) is 8.29. The van der Waals surface area contributed by atoms with Gasteiger partial charge in [-0.1, -0.05) is 6.07 Å². The average molecular weight is 230 g/mol. The first-order valence-corrected chi connectivity index (χ1v) is 7.24. The topological polar surface area (TPSA) is 16.6 Å². The van der Waals surface area contributed by atoms with Crippen LogP contribution >= 0.6 is 0 Å². The fourth-order valence-electron chi connectivity index (χ4n) is 3.62. The molecule has 1 atom stereocenters. The lowest BCUT2D eigenvalue weighted by Crippen LogP contribution is -2.85. The van der Waals surface area contributed by atoms with Crippen molar-refractivity contribution in [1.29, 1.82) is 0 Å². The minimum atomic E-state index is 0.729. The predicted octanol–water partition coefficient (Wildman–Crippen LogP) is 1.79. The Morgan fingerprint density at radius 2 is 1.65 bits per heavy atom. The van der Waals surface area contributed by atoms with E-state index in [4.69, 9.17) is 0 Å². The van der Waals surface area contributed by atoms with E-state index in [0.29, 0.717) is 0 Å². The van der Waals surface area contributed by atoms with Gasteiger partial charge in [-0.05, 0) is 73.3 Å². The SMILES string of the molecule is C[NH2+][C@@H](C)Cc1c2c(cc3c1CCC3)CCC2. The fraction of sp³-hybridized carbons (Fsp3) is 0.625. The molecule has 1 heteroatoms. The van der Waals surface area contributed by atoms with E-state index in [2.05, 4.69) is 25.4 Å². The third kappa shape index (κ3) is 1.91. The Labute approximate surface area is 105 Å². The minimum Gasteiger partial charge on any atom is -0.346 e. The quantitative estimate of drug-likeness (QED) is 0.815. The molecule has 0 radical (unpaired) electrons. The molecular weight excluding hydrogens is 206 g/mol. The molecule has 2 aliphatic rings. The van der Waals surface area contributed by atoms with Crippen LogP contribution in [0, 0.1) is 0 Å². The van der Waals surface area contributed by atoms with Gasteiger partial charge in [-0.3, -0.25) is 0 Å². The van der Waals surface area contributed by atoms with Gasteiger partial charge in [0, 0.05) is 6.42 Å². The van der Waals surface area contributed by atoms with Crippen molar-refractivity contribution in [2.24, 2.45) is 0 Å². The zero-order chi connectivity index (χ0) is 11.8. The molecule has 3 rings (SSSR count). The van der Waals surface area contributed by atoms with Crippen molar-refractivity contribution in [2.45, 2.75) is 57.9 Å². The van der Waals surface area contributed by atoms with Crippen molar-refractivity contribution >= 4 is 0 Å². The highest BCUT2D eigenvalue weighted by Crippen LogP contribution is 2.35. The first-order valence-electron chi connectivity index (χ1n) is 7.24. The minimum absolute atomic E-state index is 0.729. The lowest BCUT2D eigenvalue weighted by molar-refractivity contribution is -0.659. The summed E-state index contributed by atoms with van der Waals surface area (Å²) in [5.41, 5.74) is 8.59. The Hall–Kier alpha value is -0.820. The molecule has 0 fully saturated rings. The molecule has 0 spiro atoms. The molecule has 0 saturated carbocycles. The number of rotatable bonds is 3. The van der Waals surface area contributed by atoms with Gasteiger partial charge in [0.25, 0.3) is 0 Å². The number of aryl methyl sites for hydroxylation is 2. The molecule has 92 valence electrons. The van der Waals surface area contributed by atoms with Crippen molar-refractivity contribution in [2.75, 3.05) is 7.05 Å². The average Bonchev–Trinajstić information content (AvgIpc) is 2.96. The first kappa shape index (κ1) is 11.3. The summed E-state index contributed by atoms with van der Waals surface area (Å²) >= 11 is 0. The van der Waals surface area contributed by atoms with Gasteiger partial charge in [0.05, 0.1) is 13.1 Å². The number of likely N-dealkylation sites (N-methyl/N-ethyl adjacent to an activating group) is 1. The van der Waals surface area contributed by atoms with Gasteiger partial charge >= 0.3 is 0 Å². The molecule has 1 nitrogen and oxygen atoms in total. The largest absolute Gasteiger partial charge is 0.346 e. The Kier molecular flexibility index (Phi) is 2.96. The second-order valence-corrected chi connectivity index (χ2v) is 5.85. The van der Waals surface area contributed by atoms with E-state index < -0.39 is 0 Å². The standard InChI is InChI=1S/C16H23N/c1-11(17-2)9-16-14-7-3-5-12(14)10-13-6-4-8-15(13)16/h10-11,17H,3-9H2,1-2H3/p+1/t11-/m0/s1. The molecular formula is C16H24N+. The van der Waals surface area contributed by atoms with E-state index >= 15 is 0 Å². The van der Waals surface area contributed by atoms with Crippen LogP contribution in [0.2, 0.25) is 0 Å². The van der Waals surface area contributed by atoms with Gasteiger partial charge in [-0.2, -0.15) is 0 Å². The van der Waals surface area contributed by atoms with Crippen LogP contribution in [-0.4, -0.2) is 13.1 Å². The molecule has 1 aromatic rings. The van der Waals surface area contributed by atoms with E-state index in [1.807, 2.05) is 0 Å². The maximum Gasteiger partial charge on any atom is 0.0869 e. The molecule has 2 N–H and O–H groups in total. The molecule has 0 unspecified atom stereocenters. The summed E-state index contributed by atoms with van der Waals surface area (Å²) in [6.07, 6.45) is 9.40. The second-order valence-electron chi connectivity index (χ2n) is 5.85. The molecule has 0 amide bonds. The molecule has 0 saturated heterocycles. The summed E-state index contributed by atoms with van der Waals surface area (Å²) < 4.78 is 0. The van der Waals surface area contributed by atoms with Crippen molar-refractivity contribution in [3.05, 3.63) is 33.9 Å². The number of hydrogen-bond acceptors (Lipinski definition) is 0. The van der Waals surface area contributed by atoms with Gasteiger partial charge in [0.15, 0.2) is 0 Å². The zero-order valence-electron chi connectivity index (χ0n) is 11.2. The molecule has 2 aliphatic carbocycles. The van der Waals surface area contributed by atoms with Crippen LogP contribution in [-0.2, 0) is 32.1 Å². The lowest BCUT2D eigenvalue weighted by atomic mass is 9.90. The Morgan fingerprint density at radius 3 is 2.18 bits per heavy atom. The van der Waals surface area contributed by atoms with Gasteiger partial charge in [0.2, 0.25) is 0 Å². The Bertz CT molecular complexity index is 401. The molecule has 0 aliphatic heterocycles. The van der Waals surface area contributed by atoms with E-state index in [0.717, 1.165) is 6.04 Å². The number of quaternary nitrogens is 1. The summed E-state index contributed by atoms with van der Waals surface area (Å²) in [6, 6.07) is 3.26. The van der Waals surface area contributed by atoms with Crippen LogP contribution in [0.25, 0.3) is 0 Å². The predicted molar refractivity (Wildman–Crippen MR) is 71.5 cm³/mol. The van der Waals surface area contributed by atoms with Crippen LogP contribution in [0.5, 0.6) is 0 Å². The van der Waals surface area contributed by atoms with Gasteiger partial charge in [-0.15, -0.1) is 0 Å². The van der Waals surface area contributed by atoms with Crippen LogP contribution in [0.3, 0.4) is 0 Å². The van der Waals surface area contributed by atoms with Crippen molar-refractivity contribution in [3.63, 3.8) is 0 Å². The molecule has 1 aromatic carbocycles. The van der Waals surface area contributed by atoms with Gasteiger partial charge < -0.3 is 5.32 Å². The summed E-state index contributed by atoms with van der Waals surface area (Å²) in [5.74, 6) is 0. The zero-order valence-corrected chi connectivity index (χ0v) is 11.2. The van der Waals surface area contributed by atoms with Crippen molar-refractivity contribution < 1.29 is 5.32 Å². The Balaban J connectivity index is 2.05.